The van der Waals surface area contributed by atoms with Crippen LogP contribution in [0.25, 0.3) is 0 Å². The van der Waals surface area contributed by atoms with E-state index < -0.39 is 5.92 Å². The van der Waals surface area contributed by atoms with Crippen molar-refractivity contribution in [3.63, 3.8) is 0 Å². The van der Waals surface area contributed by atoms with Crippen molar-refractivity contribution in [3.05, 3.63) is 0 Å². The first-order chi connectivity index (χ1) is 8.29. The molecule has 0 aromatic heterocycles. The van der Waals surface area contributed by atoms with Crippen molar-refractivity contribution >= 4 is 0 Å². The van der Waals surface area contributed by atoms with Gasteiger partial charge in [-0.2, -0.15) is 0 Å². The second kappa shape index (κ2) is 4.73. The first kappa shape index (κ1) is 14.2. The average Bonchev–Trinajstić information content (AvgIpc) is 2.28. The average molecular weight is 259 g/mol. The van der Waals surface area contributed by atoms with Gasteiger partial charge in [-0.3, -0.25) is 0 Å². The van der Waals surface area contributed by atoms with E-state index in [1.165, 1.54) is 19.3 Å². The van der Waals surface area contributed by atoms with Gasteiger partial charge < -0.3 is 5.73 Å². The second-order valence-corrected chi connectivity index (χ2v) is 7.38. The Bertz CT molecular complexity index is 289. The molecule has 3 heteroatoms. The first-order valence-corrected chi connectivity index (χ1v) is 7.37. The zero-order valence-corrected chi connectivity index (χ0v) is 11.8. The van der Waals surface area contributed by atoms with Crippen LogP contribution in [0.5, 0.6) is 0 Å². The number of nitrogens with two attached hydrogens (primary N) is 1. The van der Waals surface area contributed by atoms with Crippen LogP contribution >= 0.6 is 0 Å². The Kier molecular flexibility index (Phi) is 3.74. The van der Waals surface area contributed by atoms with E-state index in [9.17, 15) is 8.78 Å². The van der Waals surface area contributed by atoms with E-state index >= 15 is 0 Å². The number of alkyl halides is 2. The molecule has 0 heterocycles. The van der Waals surface area contributed by atoms with E-state index in [0.717, 1.165) is 6.42 Å². The summed E-state index contributed by atoms with van der Waals surface area (Å²) in [4.78, 5) is 0. The monoisotopic (exact) mass is 259 g/mol. The fourth-order valence-electron chi connectivity index (χ4n) is 4.11. The Morgan fingerprint density at radius 3 is 2.17 bits per heavy atom. The van der Waals surface area contributed by atoms with Crippen LogP contribution < -0.4 is 5.73 Å². The van der Waals surface area contributed by atoms with Gasteiger partial charge in [-0.15, -0.1) is 0 Å². The molecule has 0 radical (unpaired) electrons. The van der Waals surface area contributed by atoms with Crippen molar-refractivity contribution in [1.29, 1.82) is 0 Å². The van der Waals surface area contributed by atoms with E-state index in [-0.39, 0.29) is 18.3 Å². The van der Waals surface area contributed by atoms with Gasteiger partial charge in [0.1, 0.15) is 0 Å². The van der Waals surface area contributed by atoms with Gasteiger partial charge in [0, 0.05) is 12.8 Å². The van der Waals surface area contributed by atoms with Crippen molar-refractivity contribution in [3.8, 4) is 0 Å². The molecule has 1 atom stereocenters. The Morgan fingerprint density at radius 1 is 1.06 bits per heavy atom. The van der Waals surface area contributed by atoms with Gasteiger partial charge in [0.25, 0.3) is 0 Å². The van der Waals surface area contributed by atoms with Crippen molar-refractivity contribution in [2.45, 2.75) is 71.1 Å². The largest absolute Gasteiger partial charge is 0.330 e. The molecule has 0 aromatic rings. The molecule has 2 saturated carbocycles. The summed E-state index contributed by atoms with van der Waals surface area (Å²) < 4.78 is 26.7. The van der Waals surface area contributed by atoms with Crippen LogP contribution in [0.1, 0.15) is 65.2 Å². The fraction of sp³-hybridized carbons (Fsp3) is 1.00. The number of hydrogen-bond acceptors (Lipinski definition) is 1. The number of hydrogen-bond donors (Lipinski definition) is 1. The van der Waals surface area contributed by atoms with Crippen molar-refractivity contribution in [2.75, 3.05) is 6.54 Å². The van der Waals surface area contributed by atoms with Crippen molar-refractivity contribution in [2.24, 2.45) is 22.5 Å². The SMILES string of the molecule is CC1(C)CCCC(C2(CN)CCC(F)(F)CC2)C1. The molecule has 2 N–H and O–H groups in total. The minimum Gasteiger partial charge on any atom is -0.330 e. The quantitative estimate of drug-likeness (QED) is 0.783. The Balaban J connectivity index is 2.08. The van der Waals surface area contributed by atoms with Gasteiger partial charge in [-0.25, -0.2) is 8.78 Å². The molecule has 1 nitrogen and oxygen atoms in total. The summed E-state index contributed by atoms with van der Waals surface area (Å²) in [6.45, 7) is 5.20. The molecule has 106 valence electrons. The Hall–Kier alpha value is -0.180. The van der Waals surface area contributed by atoms with Crippen LogP contribution in [0, 0.1) is 16.7 Å². The lowest BCUT2D eigenvalue weighted by Crippen LogP contribution is -2.46. The van der Waals surface area contributed by atoms with Gasteiger partial charge in [0.2, 0.25) is 5.92 Å². The molecule has 2 fully saturated rings. The fourth-order valence-corrected chi connectivity index (χ4v) is 4.11. The highest BCUT2D eigenvalue weighted by molar-refractivity contribution is 4.97. The molecular formula is C15H27F2N. The highest BCUT2D eigenvalue weighted by Crippen LogP contribution is 2.54. The maximum absolute atomic E-state index is 13.4. The molecule has 2 aliphatic rings. The first-order valence-electron chi connectivity index (χ1n) is 7.37. The van der Waals surface area contributed by atoms with Crippen LogP contribution in [-0.4, -0.2) is 12.5 Å². The molecule has 0 aliphatic heterocycles. The van der Waals surface area contributed by atoms with Gasteiger partial charge in [-0.05, 0) is 55.4 Å². The molecule has 0 amide bonds. The third-order valence-corrected chi connectivity index (χ3v) is 5.45. The third-order valence-electron chi connectivity index (χ3n) is 5.45. The molecular weight excluding hydrogens is 232 g/mol. The summed E-state index contributed by atoms with van der Waals surface area (Å²) in [6, 6.07) is 0. The molecule has 2 aliphatic carbocycles. The summed E-state index contributed by atoms with van der Waals surface area (Å²) >= 11 is 0. The smallest absolute Gasteiger partial charge is 0.248 e. The molecule has 18 heavy (non-hydrogen) atoms. The zero-order valence-electron chi connectivity index (χ0n) is 11.8. The maximum atomic E-state index is 13.4. The minimum absolute atomic E-state index is 0.000625. The van der Waals surface area contributed by atoms with Gasteiger partial charge in [0.15, 0.2) is 0 Å². The van der Waals surface area contributed by atoms with E-state index in [2.05, 4.69) is 13.8 Å². The molecule has 0 bridgehead atoms. The molecule has 0 spiro atoms. The van der Waals surface area contributed by atoms with Gasteiger partial charge in [-0.1, -0.05) is 20.3 Å². The topological polar surface area (TPSA) is 26.0 Å². The van der Waals surface area contributed by atoms with Gasteiger partial charge in [0.05, 0.1) is 0 Å². The van der Waals surface area contributed by atoms with Crippen molar-refractivity contribution < 1.29 is 8.78 Å². The highest BCUT2D eigenvalue weighted by Gasteiger charge is 2.48. The lowest BCUT2D eigenvalue weighted by molar-refractivity contribution is -0.0878. The summed E-state index contributed by atoms with van der Waals surface area (Å²) in [5.74, 6) is -1.88. The molecule has 0 saturated heterocycles. The summed E-state index contributed by atoms with van der Waals surface area (Å²) in [5, 5.41) is 0. The van der Waals surface area contributed by atoms with E-state index in [1.54, 1.807) is 0 Å². The van der Waals surface area contributed by atoms with E-state index in [0.29, 0.717) is 30.7 Å². The number of rotatable bonds is 2. The third kappa shape index (κ3) is 2.87. The predicted octanol–water partition coefficient (Wildman–Crippen LogP) is 4.36. The summed E-state index contributed by atoms with van der Waals surface area (Å²) in [6.07, 6.45) is 6.18. The Labute approximate surface area is 110 Å². The van der Waals surface area contributed by atoms with Crippen LogP contribution in [0.2, 0.25) is 0 Å². The number of halogens is 2. The summed E-state index contributed by atoms with van der Waals surface area (Å²) in [7, 11) is 0. The highest BCUT2D eigenvalue weighted by atomic mass is 19.3. The van der Waals surface area contributed by atoms with Crippen molar-refractivity contribution in [1.82, 2.24) is 0 Å². The maximum Gasteiger partial charge on any atom is 0.248 e. The summed E-state index contributed by atoms with van der Waals surface area (Å²) in [5.41, 5.74) is 6.37. The van der Waals surface area contributed by atoms with E-state index in [4.69, 9.17) is 5.73 Å². The molecule has 2 rings (SSSR count). The molecule has 1 unspecified atom stereocenters. The van der Waals surface area contributed by atoms with E-state index in [1.807, 2.05) is 0 Å². The van der Waals surface area contributed by atoms with Gasteiger partial charge >= 0.3 is 0 Å². The lowest BCUT2D eigenvalue weighted by Gasteiger charge is -2.49. The van der Waals surface area contributed by atoms with Crippen LogP contribution in [0.15, 0.2) is 0 Å². The minimum atomic E-state index is -2.44. The lowest BCUT2D eigenvalue weighted by atomic mass is 9.57. The standard InChI is InChI=1S/C15H27F2N/c1-13(2)5-3-4-12(10-13)14(11-18)6-8-15(16,17)9-7-14/h12H,3-11,18H2,1-2H3. The van der Waals surface area contributed by atoms with Crippen LogP contribution in [0.3, 0.4) is 0 Å². The molecule has 0 aromatic carbocycles. The predicted molar refractivity (Wildman–Crippen MR) is 70.6 cm³/mol. The normalized spacial score (nSPS) is 34.2. The second-order valence-electron chi connectivity index (χ2n) is 7.38. The zero-order chi connectivity index (χ0) is 13.4. The van der Waals surface area contributed by atoms with Crippen LogP contribution in [0.4, 0.5) is 8.78 Å². The Morgan fingerprint density at radius 2 is 1.67 bits per heavy atom. The van der Waals surface area contributed by atoms with Crippen LogP contribution in [-0.2, 0) is 0 Å².